The maximum atomic E-state index is 13.5. The van der Waals surface area contributed by atoms with E-state index in [0.717, 1.165) is 0 Å². The predicted molar refractivity (Wildman–Crippen MR) is 90.0 cm³/mol. The maximum Gasteiger partial charge on any atom is 0.254 e. The molecule has 1 aliphatic rings. The molecule has 1 saturated heterocycles. The summed E-state index contributed by atoms with van der Waals surface area (Å²) >= 11 is 0. The van der Waals surface area contributed by atoms with E-state index in [1.54, 1.807) is 31.1 Å². The average molecular weight is 329 g/mol. The van der Waals surface area contributed by atoms with E-state index < -0.39 is 0 Å². The van der Waals surface area contributed by atoms with Crippen LogP contribution in [0.25, 0.3) is 0 Å². The van der Waals surface area contributed by atoms with Gasteiger partial charge in [0.1, 0.15) is 17.4 Å². The van der Waals surface area contributed by atoms with Crippen molar-refractivity contribution in [1.29, 1.82) is 0 Å². The summed E-state index contributed by atoms with van der Waals surface area (Å²) in [6, 6.07) is 9.99. The van der Waals surface area contributed by atoms with E-state index in [0.29, 0.717) is 49.0 Å². The summed E-state index contributed by atoms with van der Waals surface area (Å²) in [5, 5.41) is 0. The molecular formula is C18H20FN3O2. The lowest BCUT2D eigenvalue weighted by atomic mass is 10.1. The molecule has 0 aliphatic carbocycles. The number of nitrogens with zero attached hydrogens (tertiary/aromatic N) is 3. The number of rotatable bonds is 3. The Morgan fingerprint density at radius 2 is 1.92 bits per heavy atom. The lowest BCUT2D eigenvalue weighted by Crippen LogP contribution is -2.49. The van der Waals surface area contributed by atoms with Crippen LogP contribution in [-0.2, 0) is 0 Å². The smallest absolute Gasteiger partial charge is 0.254 e. The van der Waals surface area contributed by atoms with E-state index in [-0.39, 0.29) is 11.7 Å². The number of aryl methyl sites for hydroxylation is 1. The van der Waals surface area contributed by atoms with Gasteiger partial charge in [-0.25, -0.2) is 9.37 Å². The van der Waals surface area contributed by atoms with Crippen molar-refractivity contribution in [2.24, 2.45) is 0 Å². The number of hydrogen-bond donors (Lipinski definition) is 0. The van der Waals surface area contributed by atoms with Gasteiger partial charge in [-0.1, -0.05) is 6.07 Å². The summed E-state index contributed by atoms with van der Waals surface area (Å²) < 4.78 is 18.7. The van der Waals surface area contributed by atoms with Gasteiger partial charge in [-0.05, 0) is 31.2 Å². The summed E-state index contributed by atoms with van der Waals surface area (Å²) in [5.74, 6) is 0.990. The van der Waals surface area contributed by atoms with Gasteiger partial charge in [0.15, 0.2) is 0 Å². The van der Waals surface area contributed by atoms with Crippen molar-refractivity contribution in [2.45, 2.75) is 6.92 Å². The Hall–Kier alpha value is -2.63. The molecule has 1 aromatic heterocycles. The van der Waals surface area contributed by atoms with Crippen LogP contribution in [0, 0.1) is 12.7 Å². The molecule has 1 fully saturated rings. The third-order valence-corrected chi connectivity index (χ3v) is 4.11. The van der Waals surface area contributed by atoms with Crippen molar-refractivity contribution in [3.05, 3.63) is 53.5 Å². The molecule has 5 nitrogen and oxygen atoms in total. The van der Waals surface area contributed by atoms with Gasteiger partial charge in [0.05, 0.1) is 7.11 Å². The van der Waals surface area contributed by atoms with Gasteiger partial charge >= 0.3 is 0 Å². The second kappa shape index (κ2) is 6.86. The summed E-state index contributed by atoms with van der Waals surface area (Å²) in [7, 11) is 1.58. The Kier molecular flexibility index (Phi) is 4.64. The number of pyridine rings is 1. The molecule has 6 heteroatoms. The van der Waals surface area contributed by atoms with E-state index in [2.05, 4.69) is 4.98 Å². The number of benzene rings is 1. The molecule has 0 atom stereocenters. The first-order valence-corrected chi connectivity index (χ1v) is 7.89. The van der Waals surface area contributed by atoms with Crippen LogP contribution in [0.1, 0.15) is 16.1 Å². The summed E-state index contributed by atoms with van der Waals surface area (Å²) in [5.41, 5.74) is 1.27. The first kappa shape index (κ1) is 16.2. The number of hydrogen-bond acceptors (Lipinski definition) is 4. The SMILES string of the molecule is COc1cccc(C(=O)N2CCN(c3cc(F)cc(C)n3)CC2)c1. The highest BCUT2D eigenvalue weighted by molar-refractivity contribution is 5.94. The number of ether oxygens (including phenoxy) is 1. The van der Waals surface area contributed by atoms with Crippen LogP contribution in [0.3, 0.4) is 0 Å². The molecule has 1 aromatic carbocycles. The van der Waals surface area contributed by atoms with E-state index >= 15 is 0 Å². The molecule has 1 aliphatic heterocycles. The zero-order valence-corrected chi connectivity index (χ0v) is 13.8. The second-order valence-electron chi connectivity index (χ2n) is 5.80. The minimum absolute atomic E-state index is 0.0167. The van der Waals surface area contributed by atoms with E-state index in [4.69, 9.17) is 4.74 Å². The number of anilines is 1. The zero-order chi connectivity index (χ0) is 17.1. The highest BCUT2D eigenvalue weighted by Gasteiger charge is 2.23. The lowest BCUT2D eigenvalue weighted by Gasteiger charge is -2.35. The van der Waals surface area contributed by atoms with Crippen LogP contribution in [0.4, 0.5) is 10.2 Å². The van der Waals surface area contributed by atoms with Crippen molar-refractivity contribution in [2.75, 3.05) is 38.2 Å². The molecule has 0 N–H and O–H groups in total. The largest absolute Gasteiger partial charge is 0.497 e. The topological polar surface area (TPSA) is 45.7 Å². The van der Waals surface area contributed by atoms with Gasteiger partial charge in [-0.3, -0.25) is 4.79 Å². The quantitative estimate of drug-likeness (QED) is 0.868. The predicted octanol–water partition coefficient (Wildman–Crippen LogP) is 2.50. The van der Waals surface area contributed by atoms with Crippen LogP contribution in [-0.4, -0.2) is 49.1 Å². The fourth-order valence-electron chi connectivity index (χ4n) is 2.85. The summed E-state index contributed by atoms with van der Waals surface area (Å²) in [6.07, 6.45) is 0. The number of carbonyl (C=O) groups is 1. The maximum absolute atomic E-state index is 13.5. The normalized spacial score (nSPS) is 14.6. The third kappa shape index (κ3) is 3.48. The van der Waals surface area contributed by atoms with Gasteiger partial charge in [-0.2, -0.15) is 0 Å². The van der Waals surface area contributed by atoms with Gasteiger partial charge in [0.25, 0.3) is 5.91 Å². The number of aromatic nitrogens is 1. The average Bonchev–Trinajstić information content (AvgIpc) is 2.60. The highest BCUT2D eigenvalue weighted by Crippen LogP contribution is 2.19. The third-order valence-electron chi connectivity index (χ3n) is 4.11. The zero-order valence-electron chi connectivity index (χ0n) is 13.8. The van der Waals surface area contributed by atoms with E-state index in [1.165, 1.54) is 12.1 Å². The van der Waals surface area contributed by atoms with Gasteiger partial charge in [0, 0.05) is 43.5 Å². The van der Waals surface area contributed by atoms with Crippen LogP contribution in [0.15, 0.2) is 36.4 Å². The van der Waals surface area contributed by atoms with Crippen molar-refractivity contribution in [3.63, 3.8) is 0 Å². The Morgan fingerprint density at radius 1 is 1.17 bits per heavy atom. The fraction of sp³-hybridized carbons (Fsp3) is 0.333. The van der Waals surface area contributed by atoms with Crippen LogP contribution in [0.5, 0.6) is 5.75 Å². The lowest BCUT2D eigenvalue weighted by molar-refractivity contribution is 0.0746. The highest BCUT2D eigenvalue weighted by atomic mass is 19.1. The molecule has 0 saturated carbocycles. The number of halogens is 1. The minimum Gasteiger partial charge on any atom is -0.497 e. The number of carbonyl (C=O) groups excluding carboxylic acids is 1. The molecule has 0 radical (unpaired) electrons. The Labute approximate surface area is 140 Å². The Bertz CT molecular complexity index is 723. The van der Waals surface area contributed by atoms with Crippen molar-refractivity contribution in [1.82, 2.24) is 9.88 Å². The molecule has 24 heavy (non-hydrogen) atoms. The monoisotopic (exact) mass is 329 g/mol. The Morgan fingerprint density at radius 3 is 2.58 bits per heavy atom. The summed E-state index contributed by atoms with van der Waals surface area (Å²) in [4.78, 5) is 20.8. The summed E-state index contributed by atoms with van der Waals surface area (Å²) in [6.45, 7) is 4.19. The molecular weight excluding hydrogens is 309 g/mol. The fourth-order valence-corrected chi connectivity index (χ4v) is 2.85. The van der Waals surface area contributed by atoms with Crippen LogP contribution in [0.2, 0.25) is 0 Å². The number of methoxy groups -OCH3 is 1. The van der Waals surface area contributed by atoms with Crippen LogP contribution >= 0.6 is 0 Å². The van der Waals surface area contributed by atoms with Gasteiger partial charge in [-0.15, -0.1) is 0 Å². The first-order valence-electron chi connectivity index (χ1n) is 7.89. The number of amides is 1. The molecule has 2 aromatic rings. The van der Waals surface area contributed by atoms with Gasteiger partial charge < -0.3 is 14.5 Å². The first-order chi connectivity index (χ1) is 11.6. The molecule has 0 bridgehead atoms. The van der Waals surface area contributed by atoms with Crippen LogP contribution < -0.4 is 9.64 Å². The molecule has 0 unspecified atom stereocenters. The molecule has 2 heterocycles. The number of piperazine rings is 1. The van der Waals surface area contributed by atoms with Gasteiger partial charge in [0.2, 0.25) is 0 Å². The Balaban J connectivity index is 1.67. The second-order valence-corrected chi connectivity index (χ2v) is 5.80. The standard InChI is InChI=1S/C18H20FN3O2/c1-13-10-15(19)12-17(20-13)21-6-8-22(9-7-21)18(23)14-4-3-5-16(11-14)24-2/h3-5,10-12H,6-9H2,1-2H3. The van der Waals surface area contributed by atoms with Crippen molar-refractivity contribution >= 4 is 11.7 Å². The van der Waals surface area contributed by atoms with Crippen molar-refractivity contribution in [3.8, 4) is 5.75 Å². The molecule has 3 rings (SSSR count). The molecule has 0 spiro atoms. The van der Waals surface area contributed by atoms with Crippen molar-refractivity contribution < 1.29 is 13.9 Å². The molecule has 1 amide bonds. The van der Waals surface area contributed by atoms with E-state index in [1.807, 2.05) is 17.0 Å². The van der Waals surface area contributed by atoms with E-state index in [9.17, 15) is 9.18 Å². The molecule has 126 valence electrons. The minimum atomic E-state index is -0.285.